The molecule has 2 aromatic rings. The maximum Gasteiger partial charge on any atom is 0.0603 e. The molecule has 0 saturated heterocycles. The first-order chi connectivity index (χ1) is 8.28. The minimum absolute atomic E-state index is 0.0813. The first-order valence-corrected chi connectivity index (χ1v) is 6.20. The lowest BCUT2D eigenvalue weighted by Crippen LogP contribution is -2.28. The standard InChI is InChI=1S/C16H17N/c1-16(17-14-8-3-2-4-9-14)12-11-13-7-5-6-10-15(13)16/h2-10,17H,11-12H2,1H3. The van der Waals surface area contributed by atoms with Crippen LogP contribution in [0.4, 0.5) is 5.69 Å². The van der Waals surface area contributed by atoms with Crippen molar-refractivity contribution in [3.05, 3.63) is 65.7 Å². The normalized spacial score (nSPS) is 22.2. The molecule has 0 radical (unpaired) electrons. The summed E-state index contributed by atoms with van der Waals surface area (Å²) in [5, 5.41) is 3.67. The predicted molar refractivity (Wildman–Crippen MR) is 72.2 cm³/mol. The van der Waals surface area contributed by atoms with Gasteiger partial charge >= 0.3 is 0 Å². The van der Waals surface area contributed by atoms with Crippen LogP contribution in [-0.4, -0.2) is 0 Å². The fourth-order valence-corrected chi connectivity index (χ4v) is 2.77. The highest BCUT2D eigenvalue weighted by molar-refractivity contribution is 5.50. The van der Waals surface area contributed by atoms with Gasteiger partial charge in [-0.3, -0.25) is 0 Å². The molecule has 1 N–H and O–H groups in total. The van der Waals surface area contributed by atoms with E-state index in [1.807, 2.05) is 0 Å². The Kier molecular flexibility index (Phi) is 2.40. The summed E-state index contributed by atoms with van der Waals surface area (Å²) < 4.78 is 0. The molecule has 0 fully saturated rings. The highest BCUT2D eigenvalue weighted by Crippen LogP contribution is 2.38. The average molecular weight is 223 g/mol. The van der Waals surface area contributed by atoms with Crippen molar-refractivity contribution in [2.24, 2.45) is 0 Å². The van der Waals surface area contributed by atoms with Crippen LogP contribution in [0.25, 0.3) is 0 Å². The van der Waals surface area contributed by atoms with Crippen LogP contribution in [0.2, 0.25) is 0 Å². The van der Waals surface area contributed by atoms with Gasteiger partial charge in [0.15, 0.2) is 0 Å². The zero-order chi connectivity index (χ0) is 11.7. The van der Waals surface area contributed by atoms with Gasteiger partial charge in [-0.1, -0.05) is 42.5 Å². The van der Waals surface area contributed by atoms with Crippen LogP contribution < -0.4 is 5.32 Å². The number of rotatable bonds is 2. The van der Waals surface area contributed by atoms with Crippen molar-refractivity contribution in [1.29, 1.82) is 0 Å². The second kappa shape index (κ2) is 3.92. The van der Waals surface area contributed by atoms with Gasteiger partial charge in [-0.15, -0.1) is 0 Å². The fourth-order valence-electron chi connectivity index (χ4n) is 2.77. The molecule has 1 aliphatic carbocycles. The maximum absolute atomic E-state index is 3.67. The number of hydrogen-bond acceptors (Lipinski definition) is 1. The topological polar surface area (TPSA) is 12.0 Å². The van der Waals surface area contributed by atoms with Gasteiger partial charge in [0, 0.05) is 5.69 Å². The van der Waals surface area contributed by atoms with E-state index < -0.39 is 0 Å². The van der Waals surface area contributed by atoms with Gasteiger partial charge in [0.2, 0.25) is 0 Å². The van der Waals surface area contributed by atoms with Crippen LogP contribution in [0.3, 0.4) is 0 Å². The maximum atomic E-state index is 3.67. The van der Waals surface area contributed by atoms with Crippen LogP contribution in [-0.2, 0) is 12.0 Å². The van der Waals surface area contributed by atoms with E-state index >= 15 is 0 Å². The monoisotopic (exact) mass is 223 g/mol. The van der Waals surface area contributed by atoms with Crippen molar-refractivity contribution in [1.82, 2.24) is 0 Å². The van der Waals surface area contributed by atoms with E-state index in [2.05, 4.69) is 66.8 Å². The molecule has 0 bridgehead atoms. The summed E-state index contributed by atoms with van der Waals surface area (Å²) in [5.41, 5.74) is 4.21. The Morgan fingerprint density at radius 2 is 1.65 bits per heavy atom. The molecule has 0 aromatic heterocycles. The molecule has 1 unspecified atom stereocenters. The molecule has 0 saturated carbocycles. The highest BCUT2D eigenvalue weighted by Gasteiger charge is 2.33. The lowest BCUT2D eigenvalue weighted by atomic mass is 9.94. The van der Waals surface area contributed by atoms with Gasteiger partial charge in [0.1, 0.15) is 0 Å². The van der Waals surface area contributed by atoms with Crippen LogP contribution in [0.5, 0.6) is 0 Å². The largest absolute Gasteiger partial charge is 0.376 e. The third-order valence-corrected chi connectivity index (χ3v) is 3.70. The van der Waals surface area contributed by atoms with E-state index in [-0.39, 0.29) is 5.54 Å². The first kappa shape index (κ1) is 10.4. The van der Waals surface area contributed by atoms with Crippen LogP contribution in [0.15, 0.2) is 54.6 Å². The van der Waals surface area contributed by atoms with Gasteiger partial charge in [-0.25, -0.2) is 0 Å². The second-order valence-corrected chi connectivity index (χ2v) is 4.98. The summed E-state index contributed by atoms with van der Waals surface area (Å²) in [6.07, 6.45) is 2.34. The molecule has 2 aromatic carbocycles. The Balaban J connectivity index is 1.94. The molecule has 0 heterocycles. The summed E-state index contributed by atoms with van der Waals surface area (Å²) in [7, 11) is 0. The van der Waals surface area contributed by atoms with Crippen molar-refractivity contribution >= 4 is 5.69 Å². The SMILES string of the molecule is CC1(Nc2ccccc2)CCc2ccccc21. The summed E-state index contributed by atoms with van der Waals surface area (Å²) >= 11 is 0. The molecule has 17 heavy (non-hydrogen) atoms. The number of hydrogen-bond donors (Lipinski definition) is 1. The second-order valence-electron chi connectivity index (χ2n) is 4.98. The first-order valence-electron chi connectivity index (χ1n) is 6.20. The minimum atomic E-state index is 0.0813. The molecular formula is C16H17N. The lowest BCUT2D eigenvalue weighted by molar-refractivity contribution is 0.539. The Bertz CT molecular complexity index is 518. The van der Waals surface area contributed by atoms with E-state index in [9.17, 15) is 0 Å². The zero-order valence-electron chi connectivity index (χ0n) is 10.1. The fraction of sp³-hybridized carbons (Fsp3) is 0.250. The Morgan fingerprint density at radius 3 is 2.47 bits per heavy atom. The number of fused-ring (bicyclic) bond motifs is 1. The molecule has 1 nitrogen and oxygen atoms in total. The number of aryl methyl sites for hydroxylation is 1. The van der Waals surface area contributed by atoms with Crippen LogP contribution >= 0.6 is 0 Å². The van der Waals surface area contributed by atoms with Crippen molar-refractivity contribution < 1.29 is 0 Å². The smallest absolute Gasteiger partial charge is 0.0603 e. The molecule has 3 rings (SSSR count). The summed E-state index contributed by atoms with van der Waals surface area (Å²) in [6.45, 7) is 2.30. The van der Waals surface area contributed by atoms with E-state index in [4.69, 9.17) is 0 Å². The van der Waals surface area contributed by atoms with E-state index in [0.717, 1.165) is 0 Å². The summed E-state index contributed by atoms with van der Waals surface area (Å²) in [5.74, 6) is 0. The molecule has 86 valence electrons. The highest BCUT2D eigenvalue weighted by atomic mass is 15.0. The number of para-hydroxylation sites is 1. The van der Waals surface area contributed by atoms with Gasteiger partial charge < -0.3 is 5.32 Å². The molecule has 1 heteroatoms. The Hall–Kier alpha value is -1.76. The van der Waals surface area contributed by atoms with Crippen molar-refractivity contribution in [3.63, 3.8) is 0 Å². The quantitative estimate of drug-likeness (QED) is 0.812. The van der Waals surface area contributed by atoms with Gasteiger partial charge in [0.25, 0.3) is 0 Å². The van der Waals surface area contributed by atoms with E-state index in [1.54, 1.807) is 0 Å². The number of benzene rings is 2. The molecule has 1 aliphatic rings. The lowest BCUT2D eigenvalue weighted by Gasteiger charge is -2.28. The molecular weight excluding hydrogens is 206 g/mol. The van der Waals surface area contributed by atoms with Gasteiger partial charge in [0.05, 0.1) is 5.54 Å². The van der Waals surface area contributed by atoms with Crippen LogP contribution in [0.1, 0.15) is 24.5 Å². The number of nitrogens with one attached hydrogen (secondary N) is 1. The van der Waals surface area contributed by atoms with E-state index in [0.29, 0.717) is 0 Å². The van der Waals surface area contributed by atoms with E-state index in [1.165, 1.54) is 29.7 Å². The third kappa shape index (κ3) is 1.82. The molecule has 0 spiro atoms. The van der Waals surface area contributed by atoms with Crippen LogP contribution in [0, 0.1) is 0 Å². The Morgan fingerprint density at radius 1 is 0.941 bits per heavy atom. The number of anilines is 1. The van der Waals surface area contributed by atoms with Crippen molar-refractivity contribution in [3.8, 4) is 0 Å². The average Bonchev–Trinajstić information content (AvgIpc) is 2.69. The predicted octanol–water partition coefficient (Wildman–Crippen LogP) is 3.96. The molecule has 0 aliphatic heterocycles. The van der Waals surface area contributed by atoms with Gasteiger partial charge in [-0.05, 0) is 43.0 Å². The Labute approximate surface area is 102 Å². The summed E-state index contributed by atoms with van der Waals surface area (Å²) in [6, 6.07) is 19.2. The molecule has 1 atom stereocenters. The zero-order valence-corrected chi connectivity index (χ0v) is 10.1. The minimum Gasteiger partial charge on any atom is -0.376 e. The van der Waals surface area contributed by atoms with Crippen molar-refractivity contribution in [2.45, 2.75) is 25.3 Å². The van der Waals surface area contributed by atoms with Gasteiger partial charge in [-0.2, -0.15) is 0 Å². The van der Waals surface area contributed by atoms with Crippen molar-refractivity contribution in [2.75, 3.05) is 5.32 Å². The molecule has 0 amide bonds. The third-order valence-electron chi connectivity index (χ3n) is 3.70. The summed E-state index contributed by atoms with van der Waals surface area (Å²) in [4.78, 5) is 0.